The van der Waals surface area contributed by atoms with Crippen LogP contribution in [0.4, 0.5) is 0 Å². The van der Waals surface area contributed by atoms with E-state index in [1.54, 1.807) is 43.1 Å². The molecule has 0 radical (unpaired) electrons. The number of fused-ring (bicyclic) bond motifs is 1. The standard InChI is InChI=1S/C21H18N2O4S/c1-3-27-20(25)17-13(2)22-21-23(18(17)15-7-5-4-6-8-15)19(24)16(28-21)11-14-9-10-26-12-14/h4-12,18H,3H2,1-2H3. The van der Waals surface area contributed by atoms with Crippen LogP contribution < -0.4 is 14.9 Å². The summed E-state index contributed by atoms with van der Waals surface area (Å²) in [5, 5.41) is 0. The number of nitrogens with zero attached hydrogens (tertiary/aromatic N) is 2. The van der Waals surface area contributed by atoms with Crippen molar-refractivity contribution in [2.24, 2.45) is 4.99 Å². The van der Waals surface area contributed by atoms with Crippen LogP contribution in [0.3, 0.4) is 0 Å². The van der Waals surface area contributed by atoms with E-state index in [0.717, 1.165) is 11.1 Å². The number of rotatable bonds is 4. The Morgan fingerprint density at radius 1 is 1.32 bits per heavy atom. The Bertz CT molecular complexity index is 1220. The van der Waals surface area contributed by atoms with Crippen molar-refractivity contribution in [3.8, 4) is 0 Å². The Kier molecular flexibility index (Phi) is 4.83. The van der Waals surface area contributed by atoms with Crippen LogP contribution in [-0.4, -0.2) is 17.1 Å². The molecule has 0 spiro atoms. The number of benzene rings is 1. The molecule has 3 aromatic rings. The average molecular weight is 394 g/mol. The van der Waals surface area contributed by atoms with Gasteiger partial charge in [-0.2, -0.15) is 0 Å². The minimum absolute atomic E-state index is 0.201. The molecule has 0 bridgehead atoms. The average Bonchev–Trinajstić information content (AvgIpc) is 3.30. The van der Waals surface area contributed by atoms with E-state index >= 15 is 0 Å². The summed E-state index contributed by atoms with van der Waals surface area (Å²) >= 11 is 1.29. The van der Waals surface area contributed by atoms with Gasteiger partial charge in [0.15, 0.2) is 4.80 Å². The van der Waals surface area contributed by atoms with Crippen LogP contribution in [0.15, 0.2) is 74.4 Å². The lowest BCUT2D eigenvalue weighted by Gasteiger charge is -2.24. The molecule has 1 unspecified atom stereocenters. The quantitative estimate of drug-likeness (QED) is 0.637. The van der Waals surface area contributed by atoms with Crippen LogP contribution >= 0.6 is 11.3 Å². The van der Waals surface area contributed by atoms with Gasteiger partial charge in [-0.1, -0.05) is 41.7 Å². The molecule has 7 heteroatoms. The second-order valence-corrected chi connectivity index (χ2v) is 7.28. The maximum atomic E-state index is 13.2. The van der Waals surface area contributed by atoms with E-state index < -0.39 is 12.0 Å². The van der Waals surface area contributed by atoms with Crippen molar-refractivity contribution in [2.75, 3.05) is 6.61 Å². The lowest BCUT2D eigenvalue weighted by Crippen LogP contribution is -2.39. The van der Waals surface area contributed by atoms with Gasteiger partial charge >= 0.3 is 5.97 Å². The number of esters is 1. The van der Waals surface area contributed by atoms with Crippen molar-refractivity contribution in [1.29, 1.82) is 0 Å². The van der Waals surface area contributed by atoms with Crippen LogP contribution in [0.25, 0.3) is 6.08 Å². The van der Waals surface area contributed by atoms with Crippen molar-refractivity contribution in [3.63, 3.8) is 0 Å². The number of hydrogen-bond acceptors (Lipinski definition) is 6. The Hall–Kier alpha value is -3.19. The Morgan fingerprint density at radius 3 is 2.79 bits per heavy atom. The third kappa shape index (κ3) is 3.14. The van der Waals surface area contributed by atoms with Crippen molar-refractivity contribution < 1.29 is 13.9 Å². The lowest BCUT2D eigenvalue weighted by molar-refractivity contribution is -0.139. The van der Waals surface area contributed by atoms with E-state index in [9.17, 15) is 9.59 Å². The maximum Gasteiger partial charge on any atom is 0.338 e. The Balaban J connectivity index is 1.97. The normalized spacial score (nSPS) is 16.6. The molecule has 6 nitrogen and oxygen atoms in total. The van der Waals surface area contributed by atoms with Gasteiger partial charge in [0.2, 0.25) is 0 Å². The number of thiazole rings is 1. The number of carbonyl (C=O) groups excluding carboxylic acids is 1. The lowest BCUT2D eigenvalue weighted by atomic mass is 9.96. The third-order valence-corrected chi connectivity index (χ3v) is 5.46. The zero-order valence-electron chi connectivity index (χ0n) is 15.4. The van der Waals surface area contributed by atoms with E-state index in [0.29, 0.717) is 20.6 Å². The molecule has 4 rings (SSSR count). The summed E-state index contributed by atoms with van der Waals surface area (Å²) in [7, 11) is 0. The predicted octanol–water partition coefficient (Wildman–Crippen LogP) is 2.39. The molecular formula is C21H18N2O4S. The molecule has 3 heterocycles. The van der Waals surface area contributed by atoms with Crippen LogP contribution in [0.5, 0.6) is 0 Å². The Labute approximate surface area is 164 Å². The molecule has 0 aliphatic carbocycles. The van der Waals surface area contributed by atoms with Crippen LogP contribution in [-0.2, 0) is 9.53 Å². The number of aromatic nitrogens is 1. The SMILES string of the molecule is CCOC(=O)C1=C(C)N=c2sc(=Cc3ccoc3)c(=O)n2C1c1ccccc1. The largest absolute Gasteiger partial charge is 0.472 e. The maximum absolute atomic E-state index is 13.2. The summed E-state index contributed by atoms with van der Waals surface area (Å²) in [5.74, 6) is -0.457. The molecule has 0 N–H and O–H groups in total. The zero-order chi connectivity index (χ0) is 19.7. The monoisotopic (exact) mass is 394 g/mol. The van der Waals surface area contributed by atoms with Gasteiger partial charge in [0.1, 0.15) is 0 Å². The second kappa shape index (κ2) is 7.44. The highest BCUT2D eigenvalue weighted by Gasteiger charge is 2.33. The van der Waals surface area contributed by atoms with Gasteiger partial charge in [-0.3, -0.25) is 9.36 Å². The van der Waals surface area contributed by atoms with Gasteiger partial charge in [0.25, 0.3) is 5.56 Å². The number of furan rings is 1. The first-order chi connectivity index (χ1) is 13.6. The fourth-order valence-electron chi connectivity index (χ4n) is 3.25. The van der Waals surface area contributed by atoms with Gasteiger partial charge in [0, 0.05) is 5.56 Å². The Morgan fingerprint density at radius 2 is 2.11 bits per heavy atom. The number of carbonyl (C=O) groups is 1. The van der Waals surface area contributed by atoms with Gasteiger partial charge in [-0.15, -0.1) is 0 Å². The van der Waals surface area contributed by atoms with Crippen LogP contribution in [0.2, 0.25) is 0 Å². The van der Waals surface area contributed by atoms with E-state index in [1.807, 2.05) is 30.3 Å². The third-order valence-electron chi connectivity index (χ3n) is 4.47. The second-order valence-electron chi connectivity index (χ2n) is 6.27. The van der Waals surface area contributed by atoms with Gasteiger partial charge < -0.3 is 9.15 Å². The summed E-state index contributed by atoms with van der Waals surface area (Å²) in [6.45, 7) is 3.78. The van der Waals surface area contributed by atoms with E-state index in [4.69, 9.17) is 9.15 Å². The van der Waals surface area contributed by atoms with Gasteiger partial charge in [0.05, 0.1) is 41.0 Å². The summed E-state index contributed by atoms with van der Waals surface area (Å²) < 4.78 is 12.4. The summed E-state index contributed by atoms with van der Waals surface area (Å²) in [6, 6.07) is 10.7. The van der Waals surface area contributed by atoms with Crippen molar-refractivity contribution in [3.05, 3.63) is 91.0 Å². The summed E-state index contributed by atoms with van der Waals surface area (Å²) in [5.41, 5.74) is 2.37. The molecule has 0 saturated heterocycles. The van der Waals surface area contributed by atoms with Crippen LogP contribution in [0, 0.1) is 0 Å². The first-order valence-electron chi connectivity index (χ1n) is 8.87. The minimum atomic E-state index is -0.581. The number of hydrogen-bond donors (Lipinski definition) is 0. The van der Waals surface area contributed by atoms with E-state index in [-0.39, 0.29) is 12.2 Å². The minimum Gasteiger partial charge on any atom is -0.472 e. The molecule has 1 atom stereocenters. The number of allylic oxidation sites excluding steroid dienone is 1. The first kappa shape index (κ1) is 18.2. The highest BCUT2D eigenvalue weighted by molar-refractivity contribution is 7.07. The van der Waals surface area contributed by atoms with Crippen LogP contribution in [0.1, 0.15) is 31.0 Å². The van der Waals surface area contributed by atoms with Gasteiger partial charge in [-0.25, -0.2) is 9.79 Å². The van der Waals surface area contributed by atoms with Crippen molar-refractivity contribution in [2.45, 2.75) is 19.9 Å². The number of ether oxygens (including phenoxy) is 1. The highest BCUT2D eigenvalue weighted by Crippen LogP contribution is 2.30. The highest BCUT2D eigenvalue weighted by atomic mass is 32.1. The van der Waals surface area contributed by atoms with Crippen molar-refractivity contribution in [1.82, 2.24) is 4.57 Å². The van der Waals surface area contributed by atoms with E-state index in [1.165, 1.54) is 11.3 Å². The van der Waals surface area contributed by atoms with E-state index in [2.05, 4.69) is 4.99 Å². The van der Waals surface area contributed by atoms with Gasteiger partial charge in [-0.05, 0) is 31.6 Å². The first-order valence-corrected chi connectivity index (χ1v) is 9.68. The molecule has 28 heavy (non-hydrogen) atoms. The fraction of sp³-hybridized carbons (Fsp3) is 0.190. The predicted molar refractivity (Wildman–Crippen MR) is 106 cm³/mol. The molecule has 0 amide bonds. The molecule has 2 aromatic heterocycles. The molecule has 0 saturated carbocycles. The molecule has 0 fully saturated rings. The fourth-order valence-corrected chi connectivity index (χ4v) is 4.30. The molecule has 1 aromatic carbocycles. The topological polar surface area (TPSA) is 73.8 Å². The summed E-state index contributed by atoms with van der Waals surface area (Å²) in [4.78, 5) is 31.0. The molecule has 1 aliphatic heterocycles. The zero-order valence-corrected chi connectivity index (χ0v) is 16.2. The molecular weight excluding hydrogens is 376 g/mol. The summed E-state index contributed by atoms with van der Waals surface area (Å²) in [6.07, 6.45) is 4.89. The molecule has 1 aliphatic rings. The molecule has 142 valence electrons. The van der Waals surface area contributed by atoms with Crippen molar-refractivity contribution >= 4 is 23.4 Å². The smallest absolute Gasteiger partial charge is 0.338 e.